The van der Waals surface area contributed by atoms with Crippen molar-refractivity contribution in [3.63, 3.8) is 0 Å². The fourth-order valence-corrected chi connectivity index (χ4v) is 5.04. The quantitative estimate of drug-likeness (QED) is 0.0961. The summed E-state index contributed by atoms with van der Waals surface area (Å²) in [6.45, 7) is 14.7. The summed E-state index contributed by atoms with van der Waals surface area (Å²) >= 11 is 0. The maximum Gasteiger partial charge on any atom is 0.335 e. The molecule has 0 saturated heterocycles. The Kier molecular flexibility index (Phi) is 13.2. The van der Waals surface area contributed by atoms with E-state index in [4.69, 9.17) is 9.47 Å². The molecular formula is C39H48O5. The van der Waals surface area contributed by atoms with Crippen LogP contribution in [0.4, 0.5) is 0 Å². The fraction of sp³-hybridized carbons (Fsp3) is 0.385. The van der Waals surface area contributed by atoms with E-state index in [0.717, 1.165) is 24.0 Å². The summed E-state index contributed by atoms with van der Waals surface area (Å²) in [5, 5.41) is 9.18. The number of hydrogen-bond donors (Lipinski definition) is 1. The van der Waals surface area contributed by atoms with E-state index in [-0.39, 0.29) is 18.8 Å². The maximum atomic E-state index is 12.1. The van der Waals surface area contributed by atoms with Crippen molar-refractivity contribution in [3.05, 3.63) is 108 Å². The third-order valence-corrected chi connectivity index (χ3v) is 8.06. The molecule has 0 radical (unpaired) electrons. The minimum absolute atomic E-state index is 0.0168. The lowest BCUT2D eigenvalue weighted by molar-refractivity contribution is -0.149. The number of hydrogen-bond acceptors (Lipinski definition) is 5. The number of unbranched alkanes of at least 4 members (excludes halogenated alkanes) is 2. The van der Waals surface area contributed by atoms with Crippen molar-refractivity contribution in [3.8, 4) is 22.3 Å². The van der Waals surface area contributed by atoms with Gasteiger partial charge in [0, 0.05) is 11.0 Å². The Morgan fingerprint density at radius 2 is 1.34 bits per heavy atom. The number of benzene rings is 3. The van der Waals surface area contributed by atoms with E-state index in [2.05, 4.69) is 93.7 Å². The lowest BCUT2D eigenvalue weighted by atomic mass is 9.85. The van der Waals surface area contributed by atoms with Gasteiger partial charge in [-0.3, -0.25) is 0 Å². The number of carbonyl (C=O) groups is 2. The van der Waals surface area contributed by atoms with Crippen molar-refractivity contribution < 1.29 is 24.2 Å². The maximum absolute atomic E-state index is 12.1. The van der Waals surface area contributed by atoms with Gasteiger partial charge in [-0.25, -0.2) is 9.59 Å². The zero-order valence-electron chi connectivity index (χ0n) is 26.9. The molecule has 3 rings (SSSR count). The predicted octanol–water partition coefficient (Wildman–Crippen LogP) is 8.47. The van der Waals surface area contributed by atoms with Gasteiger partial charge in [0.15, 0.2) is 0 Å². The highest BCUT2D eigenvalue weighted by Gasteiger charge is 2.29. The normalized spacial score (nSPS) is 12.3. The van der Waals surface area contributed by atoms with Crippen LogP contribution in [-0.4, -0.2) is 36.9 Å². The van der Waals surface area contributed by atoms with E-state index in [1.54, 1.807) is 6.92 Å². The van der Waals surface area contributed by atoms with Gasteiger partial charge in [-0.15, -0.1) is 0 Å². The molecule has 234 valence electrons. The van der Waals surface area contributed by atoms with E-state index in [1.807, 2.05) is 6.92 Å². The van der Waals surface area contributed by atoms with Gasteiger partial charge in [-0.05, 0) is 78.0 Å². The Morgan fingerprint density at radius 3 is 1.91 bits per heavy atom. The smallest absolute Gasteiger partial charge is 0.335 e. The molecule has 0 fully saturated rings. The molecule has 1 unspecified atom stereocenters. The van der Waals surface area contributed by atoms with E-state index >= 15 is 0 Å². The van der Waals surface area contributed by atoms with Gasteiger partial charge in [-0.1, -0.05) is 114 Å². The standard InChI is InChI=1S/C39H48O5/c1-7-9-10-11-30-14-18-34(19-15-30)36-21-20-35(24-32(36)8-2)33-16-12-31(13-17-33)22-23-39(6,26-43-37(41)28(3)4)27-44-38(42)29(5)25-40/h12-21,24,40H,3,5,7-11,22-23,25-27H2,1-2,4,6H3. The van der Waals surface area contributed by atoms with E-state index in [9.17, 15) is 14.7 Å². The van der Waals surface area contributed by atoms with Crippen molar-refractivity contribution in [2.24, 2.45) is 5.41 Å². The molecule has 0 aliphatic heterocycles. The van der Waals surface area contributed by atoms with Gasteiger partial charge in [0.05, 0.1) is 12.2 Å². The fourth-order valence-electron chi connectivity index (χ4n) is 5.04. The van der Waals surface area contributed by atoms with Crippen LogP contribution < -0.4 is 0 Å². The van der Waals surface area contributed by atoms with Crippen LogP contribution in [0, 0.1) is 5.41 Å². The summed E-state index contributed by atoms with van der Waals surface area (Å²) < 4.78 is 10.8. The third-order valence-electron chi connectivity index (χ3n) is 8.06. The average molecular weight is 597 g/mol. The summed E-state index contributed by atoms with van der Waals surface area (Å²) in [6, 6.07) is 24.3. The zero-order chi connectivity index (χ0) is 32.1. The molecule has 0 amide bonds. The number of aliphatic hydroxyl groups is 1. The van der Waals surface area contributed by atoms with Gasteiger partial charge in [0.25, 0.3) is 0 Å². The highest BCUT2D eigenvalue weighted by Crippen LogP contribution is 2.31. The van der Waals surface area contributed by atoms with Gasteiger partial charge >= 0.3 is 11.9 Å². The second kappa shape index (κ2) is 16.8. The molecule has 1 N–H and O–H groups in total. The molecule has 0 bridgehead atoms. The Labute approximate surface area is 263 Å². The average Bonchev–Trinajstić information content (AvgIpc) is 3.05. The van der Waals surface area contributed by atoms with Gasteiger partial charge < -0.3 is 14.6 Å². The highest BCUT2D eigenvalue weighted by atomic mass is 16.5. The molecule has 0 heterocycles. The van der Waals surface area contributed by atoms with Crippen LogP contribution in [0.15, 0.2) is 91.0 Å². The van der Waals surface area contributed by atoms with Crippen LogP contribution in [0.1, 0.15) is 70.1 Å². The van der Waals surface area contributed by atoms with Gasteiger partial charge in [0.1, 0.15) is 13.2 Å². The third kappa shape index (κ3) is 10.1. The molecular weight excluding hydrogens is 548 g/mol. The molecule has 5 nitrogen and oxygen atoms in total. The second-order valence-corrected chi connectivity index (χ2v) is 12.1. The number of rotatable bonds is 17. The van der Waals surface area contributed by atoms with Crippen molar-refractivity contribution in [2.75, 3.05) is 19.8 Å². The molecule has 0 aliphatic rings. The van der Waals surface area contributed by atoms with Crippen LogP contribution in [0.25, 0.3) is 22.3 Å². The summed E-state index contributed by atoms with van der Waals surface area (Å²) in [7, 11) is 0. The second-order valence-electron chi connectivity index (χ2n) is 12.1. The summed E-state index contributed by atoms with van der Waals surface area (Å²) in [5.41, 5.74) is 8.38. The van der Waals surface area contributed by atoms with Crippen LogP contribution in [0.5, 0.6) is 0 Å². The van der Waals surface area contributed by atoms with E-state index in [0.29, 0.717) is 18.4 Å². The molecule has 0 aliphatic carbocycles. The van der Waals surface area contributed by atoms with Crippen LogP contribution >= 0.6 is 0 Å². The number of esters is 2. The number of ether oxygens (including phenoxy) is 2. The van der Waals surface area contributed by atoms with Gasteiger partial charge in [0.2, 0.25) is 0 Å². The van der Waals surface area contributed by atoms with Crippen LogP contribution in [0.3, 0.4) is 0 Å². The lowest BCUT2D eigenvalue weighted by Crippen LogP contribution is -2.32. The SMILES string of the molecule is C=C(C)C(=O)OCC(C)(CCc1ccc(-c2ccc(-c3ccc(CCCCC)cc3)c(CC)c2)cc1)COC(=O)C(=C)CO. The zero-order valence-corrected chi connectivity index (χ0v) is 26.9. The number of aliphatic hydroxyl groups excluding tert-OH is 1. The first-order valence-electron chi connectivity index (χ1n) is 15.7. The first-order chi connectivity index (χ1) is 21.1. The molecule has 0 saturated carbocycles. The van der Waals surface area contributed by atoms with Crippen molar-refractivity contribution >= 4 is 11.9 Å². The van der Waals surface area contributed by atoms with Gasteiger partial charge in [-0.2, -0.15) is 0 Å². The predicted molar refractivity (Wildman–Crippen MR) is 179 cm³/mol. The number of aryl methyl sites for hydroxylation is 3. The first kappa shape index (κ1) is 34.5. The summed E-state index contributed by atoms with van der Waals surface area (Å²) in [6.07, 6.45) is 7.16. The van der Waals surface area contributed by atoms with Crippen molar-refractivity contribution in [2.45, 2.75) is 72.6 Å². The highest BCUT2D eigenvalue weighted by molar-refractivity contribution is 5.88. The molecule has 3 aromatic carbocycles. The van der Waals surface area contributed by atoms with Crippen molar-refractivity contribution in [1.82, 2.24) is 0 Å². The summed E-state index contributed by atoms with van der Waals surface area (Å²) in [5.74, 6) is -1.14. The topological polar surface area (TPSA) is 72.8 Å². The Bertz CT molecular complexity index is 1420. The Hall–Kier alpha value is -3.96. The minimum Gasteiger partial charge on any atom is -0.462 e. The monoisotopic (exact) mass is 596 g/mol. The molecule has 0 aromatic heterocycles. The molecule has 3 aromatic rings. The Balaban J connectivity index is 1.70. The van der Waals surface area contributed by atoms with Crippen LogP contribution in [-0.2, 0) is 38.3 Å². The van der Waals surface area contributed by atoms with Crippen molar-refractivity contribution in [1.29, 1.82) is 0 Å². The molecule has 0 spiro atoms. The first-order valence-corrected chi connectivity index (χ1v) is 15.7. The lowest BCUT2D eigenvalue weighted by Gasteiger charge is -2.29. The minimum atomic E-state index is -0.661. The summed E-state index contributed by atoms with van der Waals surface area (Å²) in [4.78, 5) is 24.2. The largest absolute Gasteiger partial charge is 0.462 e. The number of carbonyl (C=O) groups excluding carboxylic acids is 2. The Morgan fingerprint density at radius 1 is 0.773 bits per heavy atom. The van der Waals surface area contributed by atoms with E-state index in [1.165, 1.54) is 47.1 Å². The van der Waals surface area contributed by atoms with Crippen LogP contribution in [0.2, 0.25) is 0 Å². The molecule has 1 atom stereocenters. The molecule has 44 heavy (non-hydrogen) atoms. The van der Waals surface area contributed by atoms with E-state index < -0.39 is 24.0 Å². The molecule has 5 heteroatoms.